The zero-order chi connectivity index (χ0) is 16.4. The minimum Gasteiger partial charge on any atom is -0.368 e. The van der Waals surface area contributed by atoms with Crippen molar-refractivity contribution in [1.29, 1.82) is 0 Å². The highest BCUT2D eigenvalue weighted by molar-refractivity contribution is 5.78. The van der Waals surface area contributed by atoms with Gasteiger partial charge < -0.3 is 9.64 Å². The molecule has 1 heterocycles. The van der Waals surface area contributed by atoms with E-state index in [9.17, 15) is 4.79 Å². The van der Waals surface area contributed by atoms with E-state index in [-0.39, 0.29) is 18.1 Å². The smallest absolute Gasteiger partial charge is 0.223 e. The Balaban J connectivity index is 1.75. The fraction of sp³-hybridized carbons (Fsp3) is 0.381. The van der Waals surface area contributed by atoms with Crippen molar-refractivity contribution in [2.75, 3.05) is 6.54 Å². The van der Waals surface area contributed by atoms with Gasteiger partial charge in [-0.15, -0.1) is 0 Å². The molecule has 2 aromatic carbocycles. The van der Waals surface area contributed by atoms with Gasteiger partial charge in [0.25, 0.3) is 0 Å². The van der Waals surface area contributed by atoms with Gasteiger partial charge in [0.05, 0.1) is 12.1 Å². The summed E-state index contributed by atoms with van der Waals surface area (Å²) in [4.78, 5) is 14.5. The molecule has 0 aromatic heterocycles. The summed E-state index contributed by atoms with van der Waals surface area (Å²) in [5.74, 6) is 0.240. The molecular formula is C21H23NO2. The van der Waals surface area contributed by atoms with Crippen LogP contribution in [-0.4, -0.2) is 23.5 Å². The Bertz CT molecular complexity index is 681. The quantitative estimate of drug-likeness (QED) is 0.795. The molecule has 0 unspecified atom stereocenters. The lowest BCUT2D eigenvalue weighted by Crippen LogP contribution is -2.35. The third-order valence-electron chi connectivity index (χ3n) is 4.87. The van der Waals surface area contributed by atoms with Crippen LogP contribution in [0.4, 0.5) is 0 Å². The molecule has 3 nitrogen and oxygen atoms in total. The fourth-order valence-corrected chi connectivity index (χ4v) is 3.52. The van der Waals surface area contributed by atoms with Gasteiger partial charge in [-0.1, -0.05) is 60.7 Å². The van der Waals surface area contributed by atoms with Crippen LogP contribution in [0.2, 0.25) is 0 Å². The van der Waals surface area contributed by atoms with Crippen molar-refractivity contribution in [3.8, 4) is 0 Å². The van der Waals surface area contributed by atoms with Crippen LogP contribution in [0.15, 0.2) is 60.7 Å². The Morgan fingerprint density at radius 3 is 2.08 bits per heavy atom. The van der Waals surface area contributed by atoms with Crippen molar-refractivity contribution < 1.29 is 9.53 Å². The second-order valence-corrected chi connectivity index (χ2v) is 6.71. The molecule has 1 saturated heterocycles. The highest BCUT2D eigenvalue weighted by Crippen LogP contribution is 2.42. The van der Waals surface area contributed by atoms with Gasteiger partial charge in [0.2, 0.25) is 5.91 Å². The fourth-order valence-electron chi connectivity index (χ4n) is 3.52. The molecule has 2 aromatic rings. The first-order chi connectivity index (χ1) is 11.8. The molecule has 3 heteroatoms. The average molecular weight is 321 g/mol. The maximum Gasteiger partial charge on any atom is 0.223 e. The van der Waals surface area contributed by atoms with Gasteiger partial charge in [0.1, 0.15) is 6.10 Å². The molecule has 124 valence electrons. The van der Waals surface area contributed by atoms with E-state index in [0.717, 1.165) is 36.9 Å². The molecule has 0 radical (unpaired) electrons. The predicted molar refractivity (Wildman–Crippen MR) is 93.4 cm³/mol. The van der Waals surface area contributed by atoms with Gasteiger partial charge in [-0.05, 0) is 30.4 Å². The van der Waals surface area contributed by atoms with Crippen LogP contribution in [0.1, 0.15) is 49.0 Å². The summed E-state index contributed by atoms with van der Waals surface area (Å²) in [6.07, 6.45) is 4.06. The summed E-state index contributed by atoms with van der Waals surface area (Å²) in [6.45, 7) is 0.815. The number of hydrogen-bond acceptors (Lipinski definition) is 2. The summed E-state index contributed by atoms with van der Waals surface area (Å²) in [5.41, 5.74) is 2.31. The van der Waals surface area contributed by atoms with E-state index >= 15 is 0 Å². The van der Waals surface area contributed by atoms with Crippen molar-refractivity contribution in [3.05, 3.63) is 71.8 Å². The molecule has 2 aliphatic rings. The number of hydrogen-bond donors (Lipinski definition) is 0. The molecule has 1 amide bonds. The van der Waals surface area contributed by atoms with Crippen LogP contribution in [0.25, 0.3) is 0 Å². The SMILES string of the molecule is O=C1CCCN1[C@H](c1ccccc1)[C@@H](OC1CC1)c1ccccc1. The van der Waals surface area contributed by atoms with E-state index in [4.69, 9.17) is 4.74 Å². The van der Waals surface area contributed by atoms with Crippen LogP contribution < -0.4 is 0 Å². The molecular weight excluding hydrogens is 298 g/mol. The number of likely N-dealkylation sites (tertiary alicyclic amines) is 1. The Morgan fingerprint density at radius 1 is 0.917 bits per heavy atom. The van der Waals surface area contributed by atoms with Crippen LogP contribution in [0, 0.1) is 0 Å². The number of benzene rings is 2. The maximum absolute atomic E-state index is 12.5. The number of carbonyl (C=O) groups excluding carboxylic acids is 1. The summed E-state index contributed by atoms with van der Waals surface area (Å²) < 4.78 is 6.43. The number of ether oxygens (including phenoxy) is 1. The lowest BCUT2D eigenvalue weighted by Gasteiger charge is -2.35. The molecule has 0 bridgehead atoms. The molecule has 4 rings (SSSR count). The maximum atomic E-state index is 12.5. The van der Waals surface area contributed by atoms with Crippen LogP contribution >= 0.6 is 0 Å². The molecule has 0 spiro atoms. The molecule has 1 aliphatic carbocycles. The number of nitrogens with zero attached hydrogens (tertiary/aromatic N) is 1. The van der Waals surface area contributed by atoms with Gasteiger partial charge >= 0.3 is 0 Å². The average Bonchev–Trinajstić information content (AvgIpc) is 3.36. The van der Waals surface area contributed by atoms with Crippen molar-refractivity contribution >= 4 is 5.91 Å². The Hall–Kier alpha value is -2.13. The first-order valence-corrected chi connectivity index (χ1v) is 8.88. The van der Waals surface area contributed by atoms with Crippen molar-refractivity contribution in [1.82, 2.24) is 4.90 Å². The Kier molecular flexibility index (Phi) is 4.35. The van der Waals surface area contributed by atoms with E-state index in [0.29, 0.717) is 12.5 Å². The number of amides is 1. The summed E-state index contributed by atoms with van der Waals surface area (Å²) in [7, 11) is 0. The largest absolute Gasteiger partial charge is 0.368 e. The highest BCUT2D eigenvalue weighted by Gasteiger charge is 2.39. The predicted octanol–water partition coefficient (Wildman–Crippen LogP) is 4.27. The van der Waals surface area contributed by atoms with Gasteiger partial charge in [0, 0.05) is 13.0 Å². The number of rotatable bonds is 6. The monoisotopic (exact) mass is 321 g/mol. The zero-order valence-corrected chi connectivity index (χ0v) is 13.8. The third-order valence-corrected chi connectivity index (χ3v) is 4.87. The van der Waals surface area contributed by atoms with E-state index < -0.39 is 0 Å². The van der Waals surface area contributed by atoms with Gasteiger partial charge in [0.15, 0.2) is 0 Å². The van der Waals surface area contributed by atoms with E-state index in [1.165, 1.54) is 0 Å². The molecule has 1 saturated carbocycles. The minimum absolute atomic E-state index is 0.0517. The molecule has 2 atom stereocenters. The summed E-state index contributed by atoms with van der Waals surface area (Å²) in [5, 5.41) is 0. The number of carbonyl (C=O) groups is 1. The van der Waals surface area contributed by atoms with Gasteiger partial charge in [-0.25, -0.2) is 0 Å². The second-order valence-electron chi connectivity index (χ2n) is 6.71. The normalized spacial score (nSPS) is 20.2. The lowest BCUT2D eigenvalue weighted by molar-refractivity contribution is -0.134. The van der Waals surface area contributed by atoms with E-state index in [2.05, 4.69) is 24.3 Å². The van der Waals surface area contributed by atoms with Gasteiger partial charge in [-0.3, -0.25) is 4.79 Å². The van der Waals surface area contributed by atoms with E-state index in [1.807, 2.05) is 41.3 Å². The second kappa shape index (κ2) is 6.78. The highest BCUT2D eigenvalue weighted by atomic mass is 16.5. The minimum atomic E-state index is -0.108. The van der Waals surface area contributed by atoms with Crippen molar-refractivity contribution in [2.24, 2.45) is 0 Å². The van der Waals surface area contributed by atoms with Crippen LogP contribution in [0.3, 0.4) is 0 Å². The first-order valence-electron chi connectivity index (χ1n) is 8.88. The first kappa shape index (κ1) is 15.4. The topological polar surface area (TPSA) is 29.5 Å². The lowest BCUT2D eigenvalue weighted by atomic mass is 9.94. The summed E-state index contributed by atoms with van der Waals surface area (Å²) >= 11 is 0. The molecule has 2 fully saturated rings. The van der Waals surface area contributed by atoms with Crippen LogP contribution in [0.5, 0.6) is 0 Å². The van der Waals surface area contributed by atoms with Crippen LogP contribution in [-0.2, 0) is 9.53 Å². The van der Waals surface area contributed by atoms with Crippen molar-refractivity contribution in [3.63, 3.8) is 0 Å². The van der Waals surface area contributed by atoms with E-state index in [1.54, 1.807) is 0 Å². The molecule has 1 aliphatic heterocycles. The third kappa shape index (κ3) is 3.22. The molecule has 24 heavy (non-hydrogen) atoms. The van der Waals surface area contributed by atoms with Crippen molar-refractivity contribution in [2.45, 2.75) is 43.9 Å². The standard InChI is InChI=1S/C21H23NO2/c23-19-12-7-15-22(19)20(16-8-3-1-4-9-16)21(24-18-13-14-18)17-10-5-2-6-11-17/h1-6,8-11,18,20-21H,7,12-15H2/t20-,21+/m1/s1. The van der Waals surface area contributed by atoms with Gasteiger partial charge in [-0.2, -0.15) is 0 Å². The Morgan fingerprint density at radius 2 is 1.54 bits per heavy atom. The molecule has 0 N–H and O–H groups in total. The zero-order valence-electron chi connectivity index (χ0n) is 13.8. The summed E-state index contributed by atoms with van der Waals surface area (Å²) in [6, 6.07) is 20.6. The Labute approximate surface area is 143 Å².